The van der Waals surface area contributed by atoms with Crippen molar-refractivity contribution in [3.05, 3.63) is 24.3 Å². The summed E-state index contributed by atoms with van der Waals surface area (Å²) in [6.45, 7) is 0.209. The van der Waals surface area contributed by atoms with Gasteiger partial charge in [-0.25, -0.2) is 25.6 Å². The standard InChI is InChI=1S/C21H28F2N2O5S2/c22-21(23)10-13-24(14-11-21)20(26)16-3-2-12-25(15-16)32(29,30)19-8-6-18(7-9-19)31(27,28)17-4-1-5-17/h6-9,16-17H,1-5,10-15H2/t16-/m1/s1. The molecule has 0 unspecified atom stereocenters. The van der Waals surface area contributed by atoms with E-state index in [2.05, 4.69) is 0 Å². The monoisotopic (exact) mass is 490 g/mol. The van der Waals surface area contributed by atoms with Gasteiger partial charge in [0.05, 0.1) is 21.0 Å². The Morgan fingerprint density at radius 1 is 0.875 bits per heavy atom. The molecule has 1 amide bonds. The molecule has 0 spiro atoms. The highest BCUT2D eigenvalue weighted by Crippen LogP contribution is 2.33. The van der Waals surface area contributed by atoms with Gasteiger partial charge in [-0.15, -0.1) is 0 Å². The van der Waals surface area contributed by atoms with Crippen LogP contribution in [0.1, 0.15) is 44.9 Å². The van der Waals surface area contributed by atoms with Crippen LogP contribution in [-0.2, 0) is 24.7 Å². The molecule has 3 fully saturated rings. The predicted octanol–water partition coefficient (Wildman–Crippen LogP) is 2.67. The average Bonchev–Trinajstić information content (AvgIpc) is 2.72. The zero-order valence-electron chi connectivity index (χ0n) is 17.8. The minimum Gasteiger partial charge on any atom is -0.342 e. The van der Waals surface area contributed by atoms with Gasteiger partial charge in [0.15, 0.2) is 9.84 Å². The molecule has 178 valence electrons. The normalized spacial score (nSPS) is 25.3. The Morgan fingerprint density at radius 2 is 1.47 bits per heavy atom. The number of likely N-dealkylation sites (tertiary alicyclic amines) is 1. The van der Waals surface area contributed by atoms with Crippen LogP contribution in [-0.4, -0.2) is 69.3 Å². The molecule has 0 bridgehead atoms. The molecule has 0 N–H and O–H groups in total. The van der Waals surface area contributed by atoms with Crippen LogP contribution in [0.3, 0.4) is 0 Å². The number of hydrogen-bond acceptors (Lipinski definition) is 5. The smallest absolute Gasteiger partial charge is 0.251 e. The summed E-state index contributed by atoms with van der Waals surface area (Å²) >= 11 is 0. The molecule has 1 aromatic rings. The first-order chi connectivity index (χ1) is 15.0. The predicted molar refractivity (Wildman–Crippen MR) is 114 cm³/mol. The van der Waals surface area contributed by atoms with E-state index in [1.807, 2.05) is 0 Å². The van der Waals surface area contributed by atoms with Gasteiger partial charge in [-0.05, 0) is 49.9 Å². The molecule has 2 saturated heterocycles. The van der Waals surface area contributed by atoms with Crippen molar-refractivity contribution in [2.75, 3.05) is 26.2 Å². The van der Waals surface area contributed by atoms with Crippen molar-refractivity contribution in [3.63, 3.8) is 0 Å². The molecule has 32 heavy (non-hydrogen) atoms. The minimum atomic E-state index is -3.90. The molecule has 0 radical (unpaired) electrons. The summed E-state index contributed by atoms with van der Waals surface area (Å²) < 4.78 is 79.4. The molecule has 4 rings (SSSR count). The fourth-order valence-electron chi connectivity index (χ4n) is 4.50. The largest absolute Gasteiger partial charge is 0.342 e. The number of alkyl halides is 2. The molecule has 1 aliphatic carbocycles. The Hall–Kier alpha value is -1.59. The van der Waals surface area contributed by atoms with Crippen molar-refractivity contribution < 1.29 is 30.4 Å². The lowest BCUT2D eigenvalue weighted by Gasteiger charge is -2.37. The Morgan fingerprint density at radius 3 is 2.03 bits per heavy atom. The van der Waals surface area contributed by atoms with Gasteiger partial charge in [0.1, 0.15) is 0 Å². The van der Waals surface area contributed by atoms with Crippen LogP contribution in [0, 0.1) is 5.92 Å². The molecule has 1 atom stereocenters. The van der Waals surface area contributed by atoms with Crippen LogP contribution < -0.4 is 0 Å². The zero-order valence-corrected chi connectivity index (χ0v) is 19.4. The van der Waals surface area contributed by atoms with Crippen molar-refractivity contribution in [2.45, 2.75) is 65.9 Å². The highest BCUT2D eigenvalue weighted by atomic mass is 32.2. The van der Waals surface area contributed by atoms with Crippen LogP contribution >= 0.6 is 0 Å². The van der Waals surface area contributed by atoms with Gasteiger partial charge < -0.3 is 4.90 Å². The van der Waals surface area contributed by atoms with E-state index >= 15 is 0 Å². The van der Waals surface area contributed by atoms with Crippen LogP contribution in [0.5, 0.6) is 0 Å². The van der Waals surface area contributed by atoms with Gasteiger partial charge >= 0.3 is 0 Å². The third-order valence-electron chi connectivity index (χ3n) is 6.82. The third kappa shape index (κ3) is 4.56. The molecule has 2 aliphatic heterocycles. The second-order valence-electron chi connectivity index (χ2n) is 8.95. The number of sulfonamides is 1. The van der Waals surface area contributed by atoms with E-state index in [0.29, 0.717) is 25.7 Å². The summed E-state index contributed by atoms with van der Waals surface area (Å²) in [5, 5.41) is -0.395. The highest BCUT2D eigenvalue weighted by Gasteiger charge is 2.40. The van der Waals surface area contributed by atoms with Crippen LogP contribution in [0.4, 0.5) is 8.78 Å². The molecule has 11 heteroatoms. The lowest BCUT2D eigenvalue weighted by atomic mass is 9.96. The lowest BCUT2D eigenvalue weighted by Crippen LogP contribution is -2.49. The van der Waals surface area contributed by atoms with E-state index in [1.165, 1.54) is 33.5 Å². The van der Waals surface area contributed by atoms with Crippen molar-refractivity contribution in [2.24, 2.45) is 5.92 Å². The third-order valence-corrected chi connectivity index (χ3v) is 11.0. The maximum absolute atomic E-state index is 13.4. The fourth-order valence-corrected chi connectivity index (χ4v) is 7.88. The van der Waals surface area contributed by atoms with Crippen molar-refractivity contribution in [3.8, 4) is 0 Å². The topological polar surface area (TPSA) is 91.8 Å². The average molecular weight is 491 g/mol. The van der Waals surface area contributed by atoms with E-state index in [-0.39, 0.29) is 54.7 Å². The maximum Gasteiger partial charge on any atom is 0.251 e. The molecule has 0 aromatic heterocycles. The van der Waals surface area contributed by atoms with Crippen molar-refractivity contribution in [1.82, 2.24) is 9.21 Å². The Kier molecular flexibility index (Phi) is 6.36. The van der Waals surface area contributed by atoms with E-state index in [1.54, 1.807) is 0 Å². The first kappa shape index (κ1) is 23.6. The number of benzene rings is 1. The van der Waals surface area contributed by atoms with Crippen LogP contribution in [0.15, 0.2) is 34.1 Å². The van der Waals surface area contributed by atoms with Gasteiger partial charge in [-0.2, -0.15) is 4.31 Å². The van der Waals surface area contributed by atoms with Gasteiger partial charge in [0.2, 0.25) is 15.9 Å². The number of piperidine rings is 2. The van der Waals surface area contributed by atoms with Gasteiger partial charge in [-0.3, -0.25) is 4.79 Å². The molecule has 1 aromatic carbocycles. The SMILES string of the molecule is O=C([C@@H]1CCCN(S(=O)(=O)c2ccc(S(=O)(=O)C3CCC3)cc2)C1)N1CCC(F)(F)CC1. The Balaban J connectivity index is 1.45. The van der Waals surface area contributed by atoms with Crippen molar-refractivity contribution >= 4 is 25.8 Å². The molecule has 2 heterocycles. The van der Waals surface area contributed by atoms with Gasteiger partial charge in [-0.1, -0.05) is 6.42 Å². The first-order valence-corrected chi connectivity index (χ1v) is 14.0. The number of sulfone groups is 1. The highest BCUT2D eigenvalue weighted by molar-refractivity contribution is 7.92. The molecular weight excluding hydrogens is 462 g/mol. The number of amides is 1. The minimum absolute atomic E-state index is 0.00379. The number of carbonyl (C=O) groups excluding carboxylic acids is 1. The number of nitrogens with zero attached hydrogens (tertiary/aromatic N) is 2. The summed E-state index contributed by atoms with van der Waals surface area (Å²) in [6.07, 6.45) is 2.39. The molecule has 3 aliphatic rings. The summed E-state index contributed by atoms with van der Waals surface area (Å²) in [7, 11) is -7.35. The second kappa shape index (κ2) is 8.64. The van der Waals surface area contributed by atoms with Gasteiger partial charge in [0.25, 0.3) is 5.92 Å². The fraction of sp³-hybridized carbons (Fsp3) is 0.667. The molecular formula is C21H28F2N2O5S2. The van der Waals surface area contributed by atoms with Crippen LogP contribution in [0.25, 0.3) is 0 Å². The summed E-state index contributed by atoms with van der Waals surface area (Å²) in [6, 6.07) is 5.28. The summed E-state index contributed by atoms with van der Waals surface area (Å²) in [5.41, 5.74) is 0. The lowest BCUT2D eigenvalue weighted by molar-refractivity contribution is -0.142. The number of halogens is 2. The van der Waals surface area contributed by atoms with Crippen molar-refractivity contribution in [1.29, 1.82) is 0 Å². The van der Waals surface area contributed by atoms with E-state index in [0.717, 1.165) is 6.42 Å². The quantitative estimate of drug-likeness (QED) is 0.633. The Bertz CT molecular complexity index is 1060. The zero-order chi connectivity index (χ0) is 23.1. The molecule has 1 saturated carbocycles. The summed E-state index contributed by atoms with van der Waals surface area (Å²) in [5.74, 6) is -3.59. The first-order valence-electron chi connectivity index (χ1n) is 11.0. The van der Waals surface area contributed by atoms with E-state index < -0.39 is 37.0 Å². The second-order valence-corrected chi connectivity index (χ2v) is 13.1. The summed E-state index contributed by atoms with van der Waals surface area (Å²) in [4.78, 5) is 14.3. The van der Waals surface area contributed by atoms with Gasteiger partial charge in [0, 0.05) is 39.0 Å². The number of hydrogen-bond donors (Lipinski definition) is 0. The number of carbonyl (C=O) groups is 1. The molecule has 7 nitrogen and oxygen atoms in total. The van der Waals surface area contributed by atoms with Crippen LogP contribution in [0.2, 0.25) is 0 Å². The maximum atomic E-state index is 13.4. The number of rotatable bonds is 5. The van der Waals surface area contributed by atoms with E-state index in [4.69, 9.17) is 0 Å². The Labute approximate surface area is 187 Å². The van der Waals surface area contributed by atoms with E-state index in [9.17, 15) is 30.4 Å².